The van der Waals surface area contributed by atoms with Crippen LogP contribution in [0.5, 0.6) is 0 Å². The van der Waals surface area contributed by atoms with Crippen molar-refractivity contribution in [1.29, 1.82) is 0 Å². The summed E-state index contributed by atoms with van der Waals surface area (Å²) in [5.74, 6) is 0.837. The van der Waals surface area contributed by atoms with Gasteiger partial charge in [0.1, 0.15) is 5.01 Å². The second-order valence-electron chi connectivity index (χ2n) is 5.95. The molecule has 1 heterocycles. The molecule has 144 valence electrons. The maximum absolute atomic E-state index is 4.66. The standard InChI is InChI=1S/C19H29N5S.HI/c1-5-17-13-21-18(25-17)14-23-19(20-6-2)22-12-15(3)24(4)16-10-8-7-9-11-16;/h7-11,13,15H,5-6,12,14H2,1-4H3,(H2,20,22,23);1H. The van der Waals surface area contributed by atoms with Crippen LogP contribution in [0.1, 0.15) is 30.7 Å². The third-order valence-corrected chi connectivity index (χ3v) is 5.18. The van der Waals surface area contributed by atoms with E-state index >= 15 is 0 Å². The molecule has 0 spiro atoms. The summed E-state index contributed by atoms with van der Waals surface area (Å²) < 4.78 is 0. The zero-order chi connectivity index (χ0) is 18.1. The number of likely N-dealkylation sites (N-methyl/N-ethyl adjacent to an activating group) is 1. The van der Waals surface area contributed by atoms with Crippen LogP contribution in [-0.2, 0) is 13.0 Å². The molecular formula is C19H30IN5S. The smallest absolute Gasteiger partial charge is 0.191 e. The number of aromatic nitrogens is 1. The lowest BCUT2D eigenvalue weighted by Crippen LogP contribution is -2.45. The molecule has 2 N–H and O–H groups in total. The van der Waals surface area contributed by atoms with Crippen LogP contribution >= 0.6 is 35.3 Å². The van der Waals surface area contributed by atoms with Crippen molar-refractivity contribution in [1.82, 2.24) is 15.6 Å². The Morgan fingerprint density at radius 3 is 2.58 bits per heavy atom. The van der Waals surface area contributed by atoms with E-state index in [0.717, 1.165) is 30.5 Å². The molecule has 7 heteroatoms. The number of para-hydroxylation sites is 1. The van der Waals surface area contributed by atoms with Crippen LogP contribution in [0.3, 0.4) is 0 Å². The number of hydrogen-bond donors (Lipinski definition) is 2. The quantitative estimate of drug-likeness (QED) is 0.337. The minimum atomic E-state index is 0. The number of rotatable bonds is 8. The van der Waals surface area contributed by atoms with E-state index in [1.807, 2.05) is 12.3 Å². The fourth-order valence-electron chi connectivity index (χ4n) is 2.37. The lowest BCUT2D eigenvalue weighted by Gasteiger charge is -2.27. The number of benzene rings is 1. The summed E-state index contributed by atoms with van der Waals surface area (Å²) >= 11 is 1.74. The summed E-state index contributed by atoms with van der Waals surface area (Å²) in [5.41, 5.74) is 1.22. The van der Waals surface area contributed by atoms with Crippen LogP contribution in [-0.4, -0.2) is 37.1 Å². The van der Waals surface area contributed by atoms with E-state index in [-0.39, 0.29) is 24.0 Å². The Morgan fingerprint density at radius 1 is 1.23 bits per heavy atom. The van der Waals surface area contributed by atoms with Gasteiger partial charge in [0.25, 0.3) is 0 Å². The Balaban J connectivity index is 0.00000338. The van der Waals surface area contributed by atoms with Gasteiger partial charge in [0.15, 0.2) is 5.96 Å². The molecule has 0 amide bonds. The van der Waals surface area contributed by atoms with Gasteiger partial charge in [0.05, 0.1) is 6.54 Å². The van der Waals surface area contributed by atoms with E-state index in [0.29, 0.717) is 12.6 Å². The monoisotopic (exact) mass is 487 g/mol. The minimum absolute atomic E-state index is 0. The Bertz CT molecular complexity index is 659. The molecule has 2 rings (SSSR count). The second-order valence-corrected chi connectivity index (χ2v) is 7.15. The zero-order valence-corrected chi connectivity index (χ0v) is 19.2. The van der Waals surface area contributed by atoms with Crippen molar-refractivity contribution in [3.8, 4) is 0 Å². The molecule has 0 bridgehead atoms. The number of guanidine groups is 1. The first-order valence-electron chi connectivity index (χ1n) is 8.87. The van der Waals surface area contributed by atoms with E-state index in [9.17, 15) is 0 Å². The van der Waals surface area contributed by atoms with Crippen molar-refractivity contribution >= 4 is 47.0 Å². The minimum Gasteiger partial charge on any atom is -0.370 e. The Morgan fingerprint density at radius 2 is 1.96 bits per heavy atom. The molecule has 1 aromatic heterocycles. The topological polar surface area (TPSA) is 52.6 Å². The molecule has 0 fully saturated rings. The molecule has 0 aliphatic heterocycles. The van der Waals surface area contributed by atoms with Gasteiger partial charge in [-0.2, -0.15) is 0 Å². The number of nitrogens with one attached hydrogen (secondary N) is 2. The van der Waals surface area contributed by atoms with Gasteiger partial charge >= 0.3 is 0 Å². The highest BCUT2D eigenvalue weighted by molar-refractivity contribution is 14.0. The molecule has 5 nitrogen and oxygen atoms in total. The van der Waals surface area contributed by atoms with Crippen LogP contribution in [0.2, 0.25) is 0 Å². The number of thiazole rings is 1. The van der Waals surface area contributed by atoms with Gasteiger partial charge in [0.2, 0.25) is 0 Å². The number of aliphatic imine (C=N–C) groups is 1. The van der Waals surface area contributed by atoms with E-state index in [1.54, 1.807) is 11.3 Å². The predicted octanol–water partition coefficient (Wildman–Crippen LogP) is 3.90. The lowest BCUT2D eigenvalue weighted by atomic mass is 10.2. The maximum Gasteiger partial charge on any atom is 0.191 e. The summed E-state index contributed by atoms with van der Waals surface area (Å²) in [6.07, 6.45) is 2.98. The van der Waals surface area contributed by atoms with Crippen LogP contribution in [0, 0.1) is 0 Å². The normalized spacial score (nSPS) is 12.2. The number of hydrogen-bond acceptors (Lipinski definition) is 4. The lowest BCUT2D eigenvalue weighted by molar-refractivity contribution is 0.649. The van der Waals surface area contributed by atoms with Crippen molar-refractivity contribution in [2.75, 3.05) is 25.0 Å². The van der Waals surface area contributed by atoms with E-state index in [4.69, 9.17) is 0 Å². The van der Waals surface area contributed by atoms with Gasteiger partial charge < -0.3 is 15.5 Å². The predicted molar refractivity (Wildman–Crippen MR) is 124 cm³/mol. The summed E-state index contributed by atoms with van der Waals surface area (Å²) in [5, 5.41) is 7.80. The van der Waals surface area contributed by atoms with Crippen molar-refractivity contribution in [2.45, 2.75) is 39.8 Å². The molecule has 1 atom stereocenters. The first-order chi connectivity index (χ1) is 12.1. The first-order valence-corrected chi connectivity index (χ1v) is 9.69. The maximum atomic E-state index is 4.66. The summed E-state index contributed by atoms with van der Waals surface area (Å²) in [6, 6.07) is 10.8. The molecule has 0 saturated heterocycles. The second kappa shape index (κ2) is 12.1. The van der Waals surface area contributed by atoms with E-state index in [2.05, 4.69) is 77.6 Å². The average molecular weight is 487 g/mol. The number of halogens is 1. The number of anilines is 1. The van der Waals surface area contributed by atoms with Crippen molar-refractivity contribution in [2.24, 2.45) is 4.99 Å². The average Bonchev–Trinajstić information content (AvgIpc) is 3.12. The van der Waals surface area contributed by atoms with E-state index < -0.39 is 0 Å². The van der Waals surface area contributed by atoms with Gasteiger partial charge in [-0.1, -0.05) is 25.1 Å². The Kier molecular flexibility index (Phi) is 10.6. The molecule has 0 radical (unpaired) electrons. The third-order valence-electron chi connectivity index (χ3n) is 4.06. The van der Waals surface area contributed by atoms with Gasteiger partial charge in [-0.25, -0.2) is 9.98 Å². The SMILES string of the molecule is CCNC(=NCc1ncc(CC)s1)NCC(C)N(C)c1ccccc1.I. The summed E-state index contributed by atoms with van der Waals surface area (Å²) in [6.45, 7) is 8.70. The molecule has 2 aromatic rings. The van der Waals surface area contributed by atoms with Crippen LogP contribution < -0.4 is 15.5 Å². The van der Waals surface area contributed by atoms with Crippen molar-refractivity contribution in [3.05, 3.63) is 46.4 Å². The highest BCUT2D eigenvalue weighted by Crippen LogP contribution is 2.14. The molecule has 26 heavy (non-hydrogen) atoms. The van der Waals surface area contributed by atoms with Crippen molar-refractivity contribution < 1.29 is 0 Å². The molecular weight excluding hydrogens is 457 g/mol. The fraction of sp³-hybridized carbons (Fsp3) is 0.474. The summed E-state index contributed by atoms with van der Waals surface area (Å²) in [7, 11) is 2.12. The van der Waals surface area contributed by atoms with Crippen LogP contribution in [0.25, 0.3) is 0 Å². The third kappa shape index (κ3) is 7.11. The van der Waals surface area contributed by atoms with Gasteiger partial charge in [-0.15, -0.1) is 35.3 Å². The fourth-order valence-corrected chi connectivity index (χ4v) is 3.16. The molecule has 0 saturated carbocycles. The highest BCUT2D eigenvalue weighted by Gasteiger charge is 2.10. The largest absolute Gasteiger partial charge is 0.370 e. The highest BCUT2D eigenvalue weighted by atomic mass is 127. The van der Waals surface area contributed by atoms with E-state index in [1.165, 1.54) is 10.6 Å². The Hall–Kier alpha value is -1.35. The van der Waals surface area contributed by atoms with Crippen LogP contribution in [0.4, 0.5) is 5.69 Å². The molecule has 1 aromatic carbocycles. The van der Waals surface area contributed by atoms with Crippen LogP contribution in [0.15, 0.2) is 41.5 Å². The first kappa shape index (κ1) is 22.7. The number of aryl methyl sites for hydroxylation is 1. The molecule has 1 unspecified atom stereocenters. The summed E-state index contributed by atoms with van der Waals surface area (Å²) in [4.78, 5) is 12.7. The number of nitrogens with zero attached hydrogens (tertiary/aromatic N) is 3. The molecule has 0 aliphatic rings. The van der Waals surface area contributed by atoms with Crippen molar-refractivity contribution in [3.63, 3.8) is 0 Å². The van der Waals surface area contributed by atoms with Gasteiger partial charge in [-0.3, -0.25) is 0 Å². The zero-order valence-electron chi connectivity index (χ0n) is 16.0. The van der Waals surface area contributed by atoms with Gasteiger partial charge in [0, 0.05) is 42.9 Å². The van der Waals surface area contributed by atoms with Gasteiger partial charge in [-0.05, 0) is 32.4 Å². The molecule has 0 aliphatic carbocycles. The Labute approximate surface area is 178 Å².